The highest BCUT2D eigenvalue weighted by atomic mass is 79.9. The van der Waals surface area contributed by atoms with Crippen molar-refractivity contribution in [3.05, 3.63) is 33.7 Å². The molecule has 0 aromatic carbocycles. The summed E-state index contributed by atoms with van der Waals surface area (Å²) in [7, 11) is 0. The van der Waals surface area contributed by atoms with E-state index < -0.39 is 5.97 Å². The molecular weight excluding hydrogens is 296 g/mol. The van der Waals surface area contributed by atoms with E-state index in [9.17, 15) is 4.79 Å². The summed E-state index contributed by atoms with van der Waals surface area (Å²) < 4.78 is 2.80. The number of carboxylic acids is 1. The Bertz CT molecular complexity index is 617. The summed E-state index contributed by atoms with van der Waals surface area (Å²) in [6, 6.07) is 1.98. The van der Waals surface area contributed by atoms with Gasteiger partial charge in [-0.25, -0.2) is 4.98 Å². The molecule has 4 nitrogen and oxygen atoms in total. The number of nitrogens with zero attached hydrogens (tertiary/aromatic N) is 2. The number of aliphatic carboxylic acids is 1. The molecule has 0 atom stereocenters. The van der Waals surface area contributed by atoms with Crippen LogP contribution in [0.2, 0.25) is 0 Å². The second-order valence-corrected chi connectivity index (χ2v) is 5.62. The van der Waals surface area contributed by atoms with E-state index >= 15 is 0 Å². The maximum absolute atomic E-state index is 11.0. The van der Waals surface area contributed by atoms with Gasteiger partial charge in [-0.2, -0.15) is 0 Å². The largest absolute Gasteiger partial charge is 0.481 e. The summed E-state index contributed by atoms with van der Waals surface area (Å²) >= 11 is 3.43. The molecule has 0 unspecified atom stereocenters. The lowest BCUT2D eigenvalue weighted by molar-refractivity contribution is -0.136. The Morgan fingerprint density at radius 2 is 2.22 bits per heavy atom. The number of carbonyl (C=O) groups is 1. The average Bonchev–Trinajstić information content (AvgIpc) is 2.57. The van der Waals surface area contributed by atoms with E-state index in [-0.39, 0.29) is 12.3 Å². The molecule has 1 N–H and O–H groups in total. The molecule has 2 aromatic heterocycles. The van der Waals surface area contributed by atoms with Gasteiger partial charge in [0.05, 0.1) is 17.8 Å². The SMILES string of the molecule is Cc1cc(Br)cn2c(CC(=O)O)c(C(C)C)nc12. The van der Waals surface area contributed by atoms with Crippen LogP contribution in [-0.2, 0) is 11.2 Å². The van der Waals surface area contributed by atoms with Crippen LogP contribution in [0.5, 0.6) is 0 Å². The van der Waals surface area contributed by atoms with Crippen LogP contribution in [0.25, 0.3) is 5.65 Å². The molecule has 18 heavy (non-hydrogen) atoms. The van der Waals surface area contributed by atoms with Gasteiger partial charge in [-0.1, -0.05) is 13.8 Å². The van der Waals surface area contributed by atoms with Gasteiger partial charge in [0.1, 0.15) is 5.65 Å². The molecule has 0 aliphatic heterocycles. The third-order valence-corrected chi connectivity index (χ3v) is 3.30. The van der Waals surface area contributed by atoms with Gasteiger partial charge in [-0.3, -0.25) is 4.79 Å². The van der Waals surface area contributed by atoms with E-state index in [1.54, 1.807) is 0 Å². The van der Waals surface area contributed by atoms with Crippen LogP contribution in [0.3, 0.4) is 0 Å². The number of imidazole rings is 1. The molecule has 0 aliphatic carbocycles. The molecule has 0 radical (unpaired) electrons. The fourth-order valence-electron chi connectivity index (χ4n) is 2.11. The third kappa shape index (κ3) is 2.27. The van der Waals surface area contributed by atoms with Crippen molar-refractivity contribution >= 4 is 27.5 Å². The number of aryl methyl sites for hydroxylation is 1. The minimum absolute atomic E-state index is 0.00935. The van der Waals surface area contributed by atoms with Crippen LogP contribution < -0.4 is 0 Å². The van der Waals surface area contributed by atoms with Gasteiger partial charge in [-0.15, -0.1) is 0 Å². The van der Waals surface area contributed by atoms with Crippen molar-refractivity contribution in [1.29, 1.82) is 0 Å². The Morgan fingerprint density at radius 3 is 2.78 bits per heavy atom. The zero-order valence-electron chi connectivity index (χ0n) is 10.6. The first-order valence-corrected chi connectivity index (χ1v) is 6.58. The predicted molar refractivity (Wildman–Crippen MR) is 73.1 cm³/mol. The third-order valence-electron chi connectivity index (χ3n) is 2.87. The van der Waals surface area contributed by atoms with Gasteiger partial charge >= 0.3 is 5.97 Å². The zero-order chi connectivity index (χ0) is 13.4. The van der Waals surface area contributed by atoms with Crippen LogP contribution in [0.4, 0.5) is 0 Å². The molecule has 0 saturated carbocycles. The summed E-state index contributed by atoms with van der Waals surface area (Å²) in [6.07, 6.45) is 1.87. The topological polar surface area (TPSA) is 54.6 Å². The number of pyridine rings is 1. The van der Waals surface area contributed by atoms with Crippen molar-refractivity contribution in [3.63, 3.8) is 0 Å². The number of rotatable bonds is 3. The highest BCUT2D eigenvalue weighted by molar-refractivity contribution is 9.10. The van der Waals surface area contributed by atoms with Crippen molar-refractivity contribution in [3.8, 4) is 0 Å². The quantitative estimate of drug-likeness (QED) is 0.947. The van der Waals surface area contributed by atoms with Gasteiger partial charge in [0.2, 0.25) is 0 Å². The molecule has 0 aliphatic rings. The summed E-state index contributed by atoms with van der Waals surface area (Å²) in [5, 5.41) is 9.04. The van der Waals surface area contributed by atoms with Crippen LogP contribution >= 0.6 is 15.9 Å². The van der Waals surface area contributed by atoms with Crippen LogP contribution in [-0.4, -0.2) is 20.5 Å². The molecular formula is C13H15BrN2O2. The summed E-state index contributed by atoms with van der Waals surface area (Å²) in [4.78, 5) is 15.6. The Kier molecular flexibility index (Phi) is 3.43. The van der Waals surface area contributed by atoms with E-state index in [1.807, 2.05) is 37.4 Å². The van der Waals surface area contributed by atoms with Gasteiger partial charge in [-0.05, 0) is 40.4 Å². The molecule has 5 heteroatoms. The summed E-state index contributed by atoms with van der Waals surface area (Å²) in [5.41, 5.74) is 3.48. The number of hydrogen-bond acceptors (Lipinski definition) is 2. The van der Waals surface area contributed by atoms with Crippen molar-refractivity contribution < 1.29 is 9.90 Å². The number of carboxylic acid groups (broad SMARTS) is 1. The molecule has 0 saturated heterocycles. The fraction of sp³-hybridized carbons (Fsp3) is 0.385. The first-order valence-electron chi connectivity index (χ1n) is 5.79. The zero-order valence-corrected chi connectivity index (χ0v) is 12.2. The minimum atomic E-state index is -0.837. The van der Waals surface area contributed by atoms with E-state index in [4.69, 9.17) is 5.11 Å². The molecule has 2 aromatic rings. The maximum Gasteiger partial charge on any atom is 0.309 e. The average molecular weight is 311 g/mol. The molecule has 2 rings (SSSR count). The van der Waals surface area contributed by atoms with Crippen molar-refractivity contribution in [2.75, 3.05) is 0 Å². The number of aromatic nitrogens is 2. The number of fused-ring (bicyclic) bond motifs is 1. The van der Waals surface area contributed by atoms with Crippen LogP contribution in [0.15, 0.2) is 16.7 Å². The first kappa shape index (κ1) is 13.1. The lowest BCUT2D eigenvalue weighted by Gasteiger charge is -2.05. The van der Waals surface area contributed by atoms with E-state index in [2.05, 4.69) is 20.9 Å². The summed E-state index contributed by atoms with van der Waals surface area (Å²) in [5.74, 6) is -0.631. The molecule has 0 bridgehead atoms. The van der Waals surface area contributed by atoms with E-state index in [1.165, 1.54) is 0 Å². The molecule has 96 valence electrons. The molecule has 0 spiro atoms. The highest BCUT2D eigenvalue weighted by Crippen LogP contribution is 2.25. The second-order valence-electron chi connectivity index (χ2n) is 4.70. The Balaban J connectivity index is 2.76. The fourth-order valence-corrected chi connectivity index (χ4v) is 2.66. The molecule has 0 fully saturated rings. The summed E-state index contributed by atoms with van der Waals surface area (Å²) in [6.45, 7) is 6.02. The Hall–Kier alpha value is -1.36. The molecule has 0 amide bonds. The monoisotopic (exact) mass is 310 g/mol. The lowest BCUT2D eigenvalue weighted by atomic mass is 10.1. The van der Waals surface area contributed by atoms with E-state index in [0.717, 1.165) is 27.1 Å². The van der Waals surface area contributed by atoms with Gasteiger partial charge in [0.25, 0.3) is 0 Å². The smallest absolute Gasteiger partial charge is 0.309 e. The van der Waals surface area contributed by atoms with Crippen LogP contribution in [0, 0.1) is 6.92 Å². The lowest BCUT2D eigenvalue weighted by Crippen LogP contribution is -2.07. The van der Waals surface area contributed by atoms with Crippen molar-refractivity contribution in [1.82, 2.24) is 9.38 Å². The van der Waals surface area contributed by atoms with Crippen molar-refractivity contribution in [2.45, 2.75) is 33.1 Å². The Labute approximate surface area is 114 Å². The van der Waals surface area contributed by atoms with Crippen LogP contribution in [0.1, 0.15) is 36.7 Å². The number of hydrogen-bond donors (Lipinski definition) is 1. The maximum atomic E-state index is 11.0. The first-order chi connectivity index (χ1) is 8.40. The van der Waals surface area contributed by atoms with Gasteiger partial charge in [0, 0.05) is 10.7 Å². The van der Waals surface area contributed by atoms with Gasteiger partial charge < -0.3 is 9.51 Å². The van der Waals surface area contributed by atoms with Gasteiger partial charge in [0.15, 0.2) is 0 Å². The Morgan fingerprint density at radius 1 is 1.56 bits per heavy atom. The normalized spacial score (nSPS) is 11.4. The van der Waals surface area contributed by atoms with Crippen molar-refractivity contribution in [2.24, 2.45) is 0 Å². The highest BCUT2D eigenvalue weighted by Gasteiger charge is 2.18. The standard InChI is InChI=1S/C13H15BrN2O2/c1-7(2)12-10(5-11(17)18)16-6-9(14)4-8(3)13(16)15-12/h4,6-7H,5H2,1-3H3,(H,17,18). The molecule has 2 heterocycles. The second kappa shape index (κ2) is 4.72. The number of halogens is 1. The van der Waals surface area contributed by atoms with E-state index in [0.29, 0.717) is 0 Å². The predicted octanol–water partition coefficient (Wildman–Crippen LogP) is 3.16. The minimum Gasteiger partial charge on any atom is -0.481 e.